The minimum absolute atomic E-state index is 0.0911. The fourth-order valence-electron chi connectivity index (χ4n) is 1.93. The van der Waals surface area contributed by atoms with Crippen molar-refractivity contribution in [3.63, 3.8) is 0 Å². The number of hydrogen-bond acceptors (Lipinski definition) is 2. The molecular formula is C14H20N2O3. The van der Waals surface area contributed by atoms with Crippen molar-refractivity contribution >= 4 is 12.0 Å². The molecule has 0 saturated heterocycles. The van der Waals surface area contributed by atoms with Crippen LogP contribution in [0.25, 0.3) is 0 Å². The molecule has 0 fully saturated rings. The maximum atomic E-state index is 11.7. The van der Waals surface area contributed by atoms with Gasteiger partial charge in [0, 0.05) is 6.04 Å². The summed E-state index contributed by atoms with van der Waals surface area (Å²) >= 11 is 0. The monoisotopic (exact) mass is 264 g/mol. The number of rotatable bonds is 5. The summed E-state index contributed by atoms with van der Waals surface area (Å²) in [5, 5.41) is 14.0. The minimum Gasteiger partial charge on any atom is -0.481 e. The minimum atomic E-state index is -0.931. The summed E-state index contributed by atoms with van der Waals surface area (Å²) in [6.45, 7) is 5.54. The maximum absolute atomic E-state index is 11.7. The molecule has 0 aliphatic rings. The summed E-state index contributed by atoms with van der Waals surface area (Å²) in [5.74, 6) is -0.931. The summed E-state index contributed by atoms with van der Waals surface area (Å²) in [4.78, 5) is 22.2. The summed E-state index contributed by atoms with van der Waals surface area (Å²) in [7, 11) is 0. The molecule has 0 saturated carbocycles. The van der Waals surface area contributed by atoms with Crippen LogP contribution in [0, 0.1) is 6.92 Å². The van der Waals surface area contributed by atoms with Crippen LogP contribution >= 0.6 is 0 Å². The average Bonchev–Trinajstić information content (AvgIpc) is 2.27. The molecule has 5 heteroatoms. The van der Waals surface area contributed by atoms with E-state index in [-0.39, 0.29) is 18.5 Å². The molecular weight excluding hydrogens is 244 g/mol. The predicted octanol–water partition coefficient (Wildman–Crippen LogP) is 2.22. The van der Waals surface area contributed by atoms with E-state index >= 15 is 0 Å². The Kier molecular flexibility index (Phi) is 5.36. The number of urea groups is 1. The van der Waals surface area contributed by atoms with Gasteiger partial charge in [0.1, 0.15) is 0 Å². The van der Waals surface area contributed by atoms with Crippen LogP contribution in [0.1, 0.15) is 37.4 Å². The number of carbonyl (C=O) groups excluding carboxylic acids is 1. The van der Waals surface area contributed by atoms with E-state index in [2.05, 4.69) is 10.6 Å². The van der Waals surface area contributed by atoms with E-state index in [1.165, 1.54) is 0 Å². The highest BCUT2D eigenvalue weighted by Gasteiger charge is 2.14. The summed E-state index contributed by atoms with van der Waals surface area (Å²) in [5.41, 5.74) is 2.15. The molecule has 3 N–H and O–H groups in total. The van der Waals surface area contributed by atoms with Crippen molar-refractivity contribution in [2.45, 2.75) is 39.3 Å². The molecule has 0 heterocycles. The van der Waals surface area contributed by atoms with Crippen LogP contribution in [0.3, 0.4) is 0 Å². The Hall–Kier alpha value is -2.04. The zero-order valence-electron chi connectivity index (χ0n) is 11.4. The molecule has 0 aromatic heterocycles. The molecule has 2 unspecified atom stereocenters. The Morgan fingerprint density at radius 1 is 1.21 bits per heavy atom. The highest BCUT2D eigenvalue weighted by atomic mass is 16.4. The van der Waals surface area contributed by atoms with E-state index in [4.69, 9.17) is 5.11 Å². The van der Waals surface area contributed by atoms with E-state index in [9.17, 15) is 9.59 Å². The van der Waals surface area contributed by atoms with Gasteiger partial charge in [-0.1, -0.05) is 24.3 Å². The van der Waals surface area contributed by atoms with Crippen molar-refractivity contribution in [1.82, 2.24) is 10.6 Å². The van der Waals surface area contributed by atoms with E-state index in [0.717, 1.165) is 11.1 Å². The van der Waals surface area contributed by atoms with Gasteiger partial charge in [-0.25, -0.2) is 4.79 Å². The summed E-state index contributed by atoms with van der Waals surface area (Å²) < 4.78 is 0. The van der Waals surface area contributed by atoms with Gasteiger partial charge in [0.05, 0.1) is 12.5 Å². The molecule has 19 heavy (non-hydrogen) atoms. The van der Waals surface area contributed by atoms with Crippen LogP contribution in [0.4, 0.5) is 4.79 Å². The first-order chi connectivity index (χ1) is 8.90. The third kappa shape index (κ3) is 4.99. The lowest BCUT2D eigenvalue weighted by Crippen LogP contribution is -2.42. The molecule has 2 atom stereocenters. The maximum Gasteiger partial charge on any atom is 0.315 e. The SMILES string of the molecule is Cc1ccccc1C(C)NC(=O)NC(C)CC(=O)O. The van der Waals surface area contributed by atoms with Crippen LogP contribution in [0.2, 0.25) is 0 Å². The second-order valence-corrected chi connectivity index (χ2v) is 4.69. The number of benzene rings is 1. The Morgan fingerprint density at radius 2 is 1.84 bits per heavy atom. The van der Waals surface area contributed by atoms with E-state index in [1.54, 1.807) is 6.92 Å². The van der Waals surface area contributed by atoms with Crippen LogP contribution in [0.5, 0.6) is 0 Å². The third-order valence-corrected chi connectivity index (χ3v) is 2.86. The molecule has 1 rings (SSSR count). The molecule has 104 valence electrons. The molecule has 0 aliphatic carbocycles. The standard InChI is InChI=1S/C14H20N2O3/c1-9-6-4-5-7-12(9)11(3)16-14(19)15-10(2)8-13(17)18/h4-7,10-11H,8H2,1-3H3,(H,17,18)(H2,15,16,19). The second kappa shape index (κ2) is 6.78. The number of aliphatic carboxylic acids is 1. The average molecular weight is 264 g/mol. The van der Waals surface area contributed by atoms with Crippen molar-refractivity contribution in [2.24, 2.45) is 0 Å². The van der Waals surface area contributed by atoms with Crippen LogP contribution in [-0.2, 0) is 4.79 Å². The van der Waals surface area contributed by atoms with Crippen LogP contribution in [0.15, 0.2) is 24.3 Å². The van der Waals surface area contributed by atoms with Crippen LogP contribution < -0.4 is 10.6 Å². The molecule has 2 amide bonds. The largest absolute Gasteiger partial charge is 0.481 e. The molecule has 5 nitrogen and oxygen atoms in total. The predicted molar refractivity (Wildman–Crippen MR) is 73.0 cm³/mol. The Labute approximate surface area is 113 Å². The number of carboxylic acid groups (broad SMARTS) is 1. The Bertz CT molecular complexity index is 460. The van der Waals surface area contributed by atoms with Gasteiger partial charge in [-0.05, 0) is 31.9 Å². The van der Waals surface area contributed by atoms with Gasteiger partial charge < -0.3 is 15.7 Å². The van der Waals surface area contributed by atoms with Crippen LogP contribution in [-0.4, -0.2) is 23.1 Å². The number of nitrogens with one attached hydrogen (secondary N) is 2. The molecule has 0 bridgehead atoms. The number of carbonyl (C=O) groups is 2. The number of hydrogen-bond donors (Lipinski definition) is 3. The van der Waals surface area contributed by atoms with Gasteiger partial charge >= 0.3 is 12.0 Å². The Morgan fingerprint density at radius 3 is 2.42 bits per heavy atom. The molecule has 0 radical (unpaired) electrons. The zero-order valence-corrected chi connectivity index (χ0v) is 11.4. The first-order valence-electron chi connectivity index (χ1n) is 6.24. The quantitative estimate of drug-likeness (QED) is 0.763. The van der Waals surface area contributed by atoms with Crippen molar-refractivity contribution in [2.75, 3.05) is 0 Å². The lowest BCUT2D eigenvalue weighted by Gasteiger charge is -2.19. The van der Waals surface area contributed by atoms with E-state index in [0.29, 0.717) is 0 Å². The number of aryl methyl sites for hydroxylation is 1. The van der Waals surface area contributed by atoms with E-state index < -0.39 is 12.0 Å². The fraction of sp³-hybridized carbons (Fsp3) is 0.429. The van der Waals surface area contributed by atoms with E-state index in [1.807, 2.05) is 38.1 Å². The van der Waals surface area contributed by atoms with Crippen molar-refractivity contribution < 1.29 is 14.7 Å². The van der Waals surface area contributed by atoms with Crippen molar-refractivity contribution in [3.8, 4) is 0 Å². The molecule has 1 aromatic carbocycles. The summed E-state index contributed by atoms with van der Waals surface area (Å²) in [6.07, 6.45) is -0.0911. The second-order valence-electron chi connectivity index (χ2n) is 4.69. The lowest BCUT2D eigenvalue weighted by atomic mass is 10.0. The van der Waals surface area contributed by atoms with Gasteiger partial charge in [-0.2, -0.15) is 0 Å². The van der Waals surface area contributed by atoms with Crippen molar-refractivity contribution in [3.05, 3.63) is 35.4 Å². The first kappa shape index (κ1) is 15.0. The van der Waals surface area contributed by atoms with Gasteiger partial charge in [-0.15, -0.1) is 0 Å². The first-order valence-corrected chi connectivity index (χ1v) is 6.24. The fourth-order valence-corrected chi connectivity index (χ4v) is 1.93. The summed E-state index contributed by atoms with van der Waals surface area (Å²) in [6, 6.07) is 6.93. The highest BCUT2D eigenvalue weighted by Crippen LogP contribution is 2.16. The van der Waals surface area contributed by atoms with Gasteiger partial charge in [-0.3, -0.25) is 4.79 Å². The highest BCUT2D eigenvalue weighted by molar-refractivity contribution is 5.76. The number of amides is 2. The molecule has 0 aliphatic heterocycles. The van der Waals surface area contributed by atoms with Crippen molar-refractivity contribution in [1.29, 1.82) is 0 Å². The number of carboxylic acids is 1. The lowest BCUT2D eigenvalue weighted by molar-refractivity contribution is -0.137. The molecule has 1 aromatic rings. The topological polar surface area (TPSA) is 78.4 Å². The van der Waals surface area contributed by atoms with Gasteiger partial charge in [0.2, 0.25) is 0 Å². The third-order valence-electron chi connectivity index (χ3n) is 2.86. The smallest absolute Gasteiger partial charge is 0.315 e. The Balaban J connectivity index is 2.53. The van der Waals surface area contributed by atoms with Gasteiger partial charge in [0.15, 0.2) is 0 Å². The normalized spacial score (nSPS) is 13.4. The van der Waals surface area contributed by atoms with Gasteiger partial charge in [0.25, 0.3) is 0 Å². The molecule has 0 spiro atoms. The zero-order chi connectivity index (χ0) is 14.4.